The van der Waals surface area contributed by atoms with Gasteiger partial charge in [-0.1, -0.05) is 36.4 Å². The fraction of sp³-hybridized carbons (Fsp3) is 0.435. The van der Waals surface area contributed by atoms with E-state index in [1.165, 1.54) is 12.5 Å². The number of nitrogens with zero attached hydrogens (tertiary/aromatic N) is 2. The van der Waals surface area contributed by atoms with Gasteiger partial charge in [0.05, 0.1) is 5.69 Å². The molecular weight excluding hydrogens is 368 g/mol. The molecule has 0 N–H and O–H groups in total. The van der Waals surface area contributed by atoms with Crippen LogP contribution in [0.5, 0.6) is 5.75 Å². The monoisotopic (exact) mass is 398 g/mol. The Hall–Kier alpha value is -2.57. The number of methoxy groups -OCH3 is 1. The fourth-order valence-electron chi connectivity index (χ4n) is 3.45. The zero-order valence-electron chi connectivity index (χ0n) is 17.5. The van der Waals surface area contributed by atoms with Crippen LogP contribution in [0.2, 0.25) is 0 Å². The quantitative estimate of drug-likeness (QED) is 0.502. The average Bonchev–Trinajstić information content (AvgIpc) is 2.73. The summed E-state index contributed by atoms with van der Waals surface area (Å²) in [4.78, 5) is 15.8. The maximum absolute atomic E-state index is 11.0. The zero-order valence-corrected chi connectivity index (χ0v) is 17.5. The highest BCUT2D eigenvalue weighted by Crippen LogP contribution is 2.30. The van der Waals surface area contributed by atoms with Crippen LogP contribution in [0.3, 0.4) is 0 Å². The second-order valence-electron chi connectivity index (χ2n) is 7.25. The topological polar surface area (TPSA) is 51.2 Å². The van der Waals surface area contributed by atoms with Crippen LogP contribution in [-0.2, 0) is 27.4 Å². The van der Waals surface area contributed by atoms with Crippen molar-refractivity contribution in [2.24, 2.45) is 0 Å². The summed E-state index contributed by atoms with van der Waals surface area (Å²) in [6.07, 6.45) is -0.281. The van der Waals surface area contributed by atoms with Gasteiger partial charge >= 0.3 is 5.97 Å². The van der Waals surface area contributed by atoms with Crippen LogP contribution in [0.1, 0.15) is 25.0 Å². The van der Waals surface area contributed by atoms with Gasteiger partial charge in [-0.15, -0.1) is 0 Å². The minimum Gasteiger partial charge on any atom is -0.463 e. The summed E-state index contributed by atoms with van der Waals surface area (Å²) >= 11 is 0. The minimum atomic E-state index is -0.281. The lowest BCUT2D eigenvalue weighted by Crippen LogP contribution is -2.46. The van der Waals surface area contributed by atoms with Crippen molar-refractivity contribution in [3.05, 3.63) is 59.7 Å². The lowest BCUT2D eigenvalue weighted by molar-refractivity contribution is -0.142. The minimum absolute atomic E-state index is 0.254. The van der Waals surface area contributed by atoms with Crippen LogP contribution < -0.4 is 9.64 Å². The number of carbonyl (C=O) groups is 1. The number of piperazine rings is 1. The van der Waals surface area contributed by atoms with Gasteiger partial charge < -0.3 is 19.1 Å². The van der Waals surface area contributed by atoms with E-state index < -0.39 is 0 Å². The Bertz CT molecular complexity index is 803. The third-order valence-corrected chi connectivity index (χ3v) is 5.04. The van der Waals surface area contributed by atoms with Gasteiger partial charge in [-0.3, -0.25) is 9.69 Å². The Morgan fingerprint density at radius 3 is 2.48 bits per heavy atom. The Morgan fingerprint density at radius 1 is 1.03 bits per heavy atom. The molecule has 0 saturated carbocycles. The first-order chi connectivity index (χ1) is 14.0. The van der Waals surface area contributed by atoms with Crippen molar-refractivity contribution in [1.29, 1.82) is 0 Å². The maximum atomic E-state index is 11.0. The predicted octanol–water partition coefficient (Wildman–Crippen LogP) is 3.44. The molecule has 1 heterocycles. The molecule has 1 fully saturated rings. The molecule has 6 heteroatoms. The fourth-order valence-corrected chi connectivity index (χ4v) is 3.45. The van der Waals surface area contributed by atoms with Crippen LogP contribution >= 0.6 is 0 Å². The standard InChI is InChI=1S/C23H30N2O4/c1-18(26)28-17-21-8-6-7-20(15-21)16-24-11-13-25(14-12-24)22-9-4-5-10-23(22)29-19(2)27-3/h4-10,15,19H,11-14,16-17H2,1-3H3. The molecule has 0 amide bonds. The summed E-state index contributed by atoms with van der Waals surface area (Å²) in [6, 6.07) is 16.4. The lowest BCUT2D eigenvalue weighted by atomic mass is 10.1. The molecule has 1 saturated heterocycles. The molecule has 6 nitrogen and oxygen atoms in total. The van der Waals surface area contributed by atoms with Gasteiger partial charge in [0, 0.05) is 46.8 Å². The molecule has 1 aliphatic rings. The number of para-hydroxylation sites is 2. The third-order valence-electron chi connectivity index (χ3n) is 5.04. The normalized spacial score (nSPS) is 15.8. The number of hydrogen-bond donors (Lipinski definition) is 0. The van der Waals surface area contributed by atoms with Crippen molar-refractivity contribution in [3.63, 3.8) is 0 Å². The van der Waals surface area contributed by atoms with E-state index in [9.17, 15) is 4.79 Å². The Morgan fingerprint density at radius 2 is 1.76 bits per heavy atom. The predicted molar refractivity (Wildman–Crippen MR) is 113 cm³/mol. The number of hydrogen-bond acceptors (Lipinski definition) is 6. The van der Waals surface area contributed by atoms with Gasteiger partial charge in [0.15, 0.2) is 6.29 Å². The highest BCUT2D eigenvalue weighted by Gasteiger charge is 2.20. The summed E-state index contributed by atoms with van der Waals surface area (Å²) in [5.74, 6) is 0.601. The molecule has 2 aromatic rings. The Kier molecular flexibility index (Phi) is 7.49. The first-order valence-corrected chi connectivity index (χ1v) is 10.0. The number of benzene rings is 2. The molecule has 1 atom stereocenters. The van der Waals surface area contributed by atoms with E-state index in [0.717, 1.165) is 49.7 Å². The first-order valence-electron chi connectivity index (χ1n) is 10.0. The summed E-state index contributed by atoms with van der Waals surface area (Å²) in [7, 11) is 1.65. The average molecular weight is 399 g/mol. The molecule has 0 aliphatic carbocycles. The molecule has 0 bridgehead atoms. The van der Waals surface area contributed by atoms with E-state index in [1.807, 2.05) is 37.3 Å². The number of carbonyl (C=O) groups excluding carboxylic acids is 1. The highest BCUT2D eigenvalue weighted by atomic mass is 16.7. The van der Waals surface area contributed by atoms with Gasteiger partial charge in [0.25, 0.3) is 0 Å². The van der Waals surface area contributed by atoms with Crippen LogP contribution in [-0.4, -0.2) is 50.4 Å². The van der Waals surface area contributed by atoms with Crippen molar-refractivity contribution in [3.8, 4) is 5.75 Å². The van der Waals surface area contributed by atoms with E-state index in [2.05, 4.69) is 28.0 Å². The van der Waals surface area contributed by atoms with Crippen molar-refractivity contribution < 1.29 is 19.0 Å². The van der Waals surface area contributed by atoms with Crippen molar-refractivity contribution >= 4 is 11.7 Å². The van der Waals surface area contributed by atoms with E-state index in [-0.39, 0.29) is 12.3 Å². The summed E-state index contributed by atoms with van der Waals surface area (Å²) in [5, 5.41) is 0. The molecule has 0 spiro atoms. The molecule has 1 aliphatic heterocycles. The van der Waals surface area contributed by atoms with Gasteiger partial charge in [-0.05, 0) is 30.2 Å². The second-order valence-corrected chi connectivity index (χ2v) is 7.25. The van der Waals surface area contributed by atoms with Crippen LogP contribution in [0, 0.1) is 0 Å². The number of anilines is 1. The molecule has 156 valence electrons. The van der Waals surface area contributed by atoms with Crippen LogP contribution in [0.4, 0.5) is 5.69 Å². The van der Waals surface area contributed by atoms with Gasteiger partial charge in [-0.2, -0.15) is 0 Å². The molecule has 2 aromatic carbocycles. The van der Waals surface area contributed by atoms with Crippen molar-refractivity contribution in [1.82, 2.24) is 4.90 Å². The molecule has 1 unspecified atom stereocenters. The van der Waals surface area contributed by atoms with Crippen LogP contribution in [0.15, 0.2) is 48.5 Å². The third kappa shape index (κ3) is 6.21. The van der Waals surface area contributed by atoms with E-state index >= 15 is 0 Å². The molecular formula is C23H30N2O4. The largest absolute Gasteiger partial charge is 0.463 e. The van der Waals surface area contributed by atoms with E-state index in [0.29, 0.717) is 6.61 Å². The van der Waals surface area contributed by atoms with Crippen LogP contribution in [0.25, 0.3) is 0 Å². The molecule has 29 heavy (non-hydrogen) atoms. The van der Waals surface area contributed by atoms with E-state index in [4.69, 9.17) is 14.2 Å². The summed E-state index contributed by atoms with van der Waals surface area (Å²) in [5.41, 5.74) is 3.37. The van der Waals surface area contributed by atoms with Gasteiger partial charge in [-0.25, -0.2) is 0 Å². The summed E-state index contributed by atoms with van der Waals surface area (Å²) < 4.78 is 16.3. The second kappa shape index (κ2) is 10.3. The highest BCUT2D eigenvalue weighted by molar-refractivity contribution is 5.65. The Balaban J connectivity index is 1.56. The lowest BCUT2D eigenvalue weighted by Gasteiger charge is -2.37. The van der Waals surface area contributed by atoms with Crippen molar-refractivity contribution in [2.75, 3.05) is 38.2 Å². The number of rotatable bonds is 8. The smallest absolute Gasteiger partial charge is 0.302 e. The molecule has 3 rings (SSSR count). The summed E-state index contributed by atoms with van der Waals surface area (Å²) in [6.45, 7) is 8.37. The molecule has 0 aromatic heterocycles. The number of ether oxygens (including phenoxy) is 3. The number of esters is 1. The Labute approximate surface area is 173 Å². The maximum Gasteiger partial charge on any atom is 0.302 e. The zero-order chi connectivity index (χ0) is 20.6. The SMILES string of the molecule is COC(C)Oc1ccccc1N1CCN(Cc2cccc(COC(C)=O)c2)CC1. The first kappa shape index (κ1) is 21.1. The van der Waals surface area contributed by atoms with Crippen molar-refractivity contribution in [2.45, 2.75) is 33.3 Å². The molecule has 0 radical (unpaired) electrons. The van der Waals surface area contributed by atoms with Gasteiger partial charge in [0.2, 0.25) is 0 Å². The van der Waals surface area contributed by atoms with Gasteiger partial charge in [0.1, 0.15) is 12.4 Å². The van der Waals surface area contributed by atoms with E-state index in [1.54, 1.807) is 7.11 Å².